The number of aromatic nitrogens is 1. The average Bonchev–Trinajstić information content (AvgIpc) is 3.62. The topological polar surface area (TPSA) is 298 Å². The number of ether oxygens (including phenoxy) is 11. The molecule has 4 heterocycles. The standard InChI is InChI=1S/C50H78N8O18/c1-3-9-58(76-4-2)50(64)39-32-42-43(55-44(51)34-39)33-40(35-53-42)49(63)56-10-13-75-41(37-56)36-54-45(59)7-11-65-14-16-67-18-20-69-22-24-71-26-28-73-30-31-74-29-27-72-25-23-70-21-19-68-17-15-66-12-8-52-46(60)38-57-47(61)5-6-48(57)62/h5-6,32-33,35,41H,3-4,7-31,34,36-38H2,1-2H3,(H2,51,55)(H,52,60)(H,54,59)/t41-/m0/s1. The lowest BCUT2D eigenvalue weighted by Gasteiger charge is -2.33. The van der Waals surface area contributed by atoms with Crippen LogP contribution in [0.1, 0.15) is 49.2 Å². The summed E-state index contributed by atoms with van der Waals surface area (Å²) in [6, 6.07) is 1.62. The minimum absolute atomic E-state index is 0.117. The van der Waals surface area contributed by atoms with Gasteiger partial charge in [-0.1, -0.05) is 6.92 Å². The Morgan fingerprint density at radius 3 is 1.74 bits per heavy atom. The summed E-state index contributed by atoms with van der Waals surface area (Å²) in [6.45, 7) is 13.5. The minimum Gasteiger partial charge on any atom is -0.387 e. The molecular formula is C50H78N8O18. The van der Waals surface area contributed by atoms with Crippen LogP contribution in [0.25, 0.3) is 6.08 Å². The lowest BCUT2D eigenvalue weighted by Crippen LogP contribution is -2.49. The number of amidine groups is 1. The van der Waals surface area contributed by atoms with Crippen LogP contribution < -0.4 is 16.4 Å². The van der Waals surface area contributed by atoms with Gasteiger partial charge in [-0.05, 0) is 25.5 Å². The number of rotatable bonds is 43. The number of carbonyl (C=O) groups is 6. The number of aliphatic imine (C=N–C) groups is 1. The molecule has 0 spiro atoms. The molecule has 426 valence electrons. The summed E-state index contributed by atoms with van der Waals surface area (Å²) in [5.74, 6) is -1.99. The molecule has 26 nitrogen and oxygen atoms in total. The molecule has 1 fully saturated rings. The molecule has 76 heavy (non-hydrogen) atoms. The predicted molar refractivity (Wildman–Crippen MR) is 272 cm³/mol. The van der Waals surface area contributed by atoms with Crippen molar-refractivity contribution in [3.63, 3.8) is 0 Å². The Balaban J connectivity index is 0.854. The normalized spacial score (nSPS) is 15.4. The molecule has 0 aromatic carbocycles. The van der Waals surface area contributed by atoms with E-state index in [0.29, 0.717) is 168 Å². The molecular weight excluding hydrogens is 1000 g/mol. The molecule has 6 amide bonds. The van der Waals surface area contributed by atoms with Crippen molar-refractivity contribution in [2.75, 3.05) is 185 Å². The Hall–Kier alpha value is -5.36. The molecule has 0 aliphatic carbocycles. The van der Waals surface area contributed by atoms with Gasteiger partial charge in [-0.25, -0.2) is 10.1 Å². The highest BCUT2D eigenvalue weighted by molar-refractivity contribution is 6.14. The highest BCUT2D eigenvalue weighted by Gasteiger charge is 2.28. The fourth-order valence-electron chi connectivity index (χ4n) is 7.09. The quantitative estimate of drug-likeness (QED) is 0.0426. The molecule has 1 saturated heterocycles. The van der Waals surface area contributed by atoms with E-state index in [2.05, 4.69) is 20.6 Å². The van der Waals surface area contributed by atoms with Crippen molar-refractivity contribution < 1.29 is 85.7 Å². The molecule has 4 rings (SSSR count). The number of hydrogen-bond acceptors (Lipinski definition) is 21. The smallest absolute Gasteiger partial charge is 0.273 e. The lowest BCUT2D eigenvalue weighted by atomic mass is 10.1. The number of nitrogens with zero attached hydrogens (tertiary/aromatic N) is 5. The first-order valence-corrected chi connectivity index (χ1v) is 25.8. The Morgan fingerprint density at radius 2 is 1.22 bits per heavy atom. The third kappa shape index (κ3) is 26.1. The number of fused-ring (bicyclic) bond motifs is 1. The van der Waals surface area contributed by atoms with E-state index >= 15 is 0 Å². The van der Waals surface area contributed by atoms with Crippen LogP contribution in [0.4, 0.5) is 5.69 Å². The molecule has 4 N–H and O–H groups in total. The summed E-state index contributed by atoms with van der Waals surface area (Å²) >= 11 is 0. The first-order chi connectivity index (χ1) is 37.1. The molecule has 1 aromatic rings. The van der Waals surface area contributed by atoms with Gasteiger partial charge in [0.05, 0.1) is 168 Å². The number of hydroxylamine groups is 2. The molecule has 1 atom stereocenters. The SMILES string of the molecule is CCCN(OCC)C(=O)C1=Cc2ncc(C(=O)N3CCO[C@@H](CNC(=O)CCOCCOCCOCCOCCOCCOCCOCCOCCOCCOCCNC(=O)CN4C(=O)C=CC4=O)C3)cc2N=C(N)C1. The third-order valence-corrected chi connectivity index (χ3v) is 10.8. The zero-order chi connectivity index (χ0) is 54.4. The van der Waals surface area contributed by atoms with Crippen molar-refractivity contribution in [3.05, 3.63) is 41.2 Å². The van der Waals surface area contributed by atoms with Gasteiger partial charge >= 0.3 is 0 Å². The fraction of sp³-hybridized carbons (Fsp3) is 0.680. The summed E-state index contributed by atoms with van der Waals surface area (Å²) in [4.78, 5) is 90.9. The number of imide groups is 1. The van der Waals surface area contributed by atoms with Crippen LogP contribution in [-0.2, 0) is 80.9 Å². The van der Waals surface area contributed by atoms with E-state index in [-0.39, 0.29) is 75.8 Å². The Bertz CT molecular complexity index is 1990. The van der Waals surface area contributed by atoms with Crippen molar-refractivity contribution in [2.24, 2.45) is 10.7 Å². The van der Waals surface area contributed by atoms with Gasteiger partial charge in [0.2, 0.25) is 11.8 Å². The van der Waals surface area contributed by atoms with Gasteiger partial charge in [0.1, 0.15) is 12.4 Å². The molecule has 0 saturated carbocycles. The summed E-state index contributed by atoms with van der Waals surface area (Å²) in [7, 11) is 0. The van der Waals surface area contributed by atoms with Crippen LogP contribution in [-0.4, -0.2) is 252 Å². The number of morpholine rings is 1. The largest absolute Gasteiger partial charge is 0.387 e. The number of nitrogens with two attached hydrogens (primary N) is 1. The molecule has 1 aromatic heterocycles. The third-order valence-electron chi connectivity index (χ3n) is 10.8. The van der Waals surface area contributed by atoms with Crippen molar-refractivity contribution in [1.82, 2.24) is 30.5 Å². The maximum absolute atomic E-state index is 13.5. The first kappa shape index (κ1) is 63.2. The first-order valence-electron chi connectivity index (χ1n) is 25.8. The maximum atomic E-state index is 13.5. The predicted octanol–water partition coefficient (Wildman–Crippen LogP) is -0.398. The van der Waals surface area contributed by atoms with Gasteiger partial charge in [-0.3, -0.25) is 43.5 Å². The van der Waals surface area contributed by atoms with E-state index in [1.165, 1.54) is 11.3 Å². The molecule has 26 heteroatoms. The van der Waals surface area contributed by atoms with Gasteiger partial charge < -0.3 is 73.4 Å². The van der Waals surface area contributed by atoms with Crippen molar-refractivity contribution in [3.8, 4) is 0 Å². The molecule has 3 aliphatic heterocycles. The second-order valence-electron chi connectivity index (χ2n) is 16.8. The number of pyridine rings is 1. The van der Waals surface area contributed by atoms with Gasteiger partial charge in [0.25, 0.3) is 23.6 Å². The second-order valence-corrected chi connectivity index (χ2v) is 16.8. The van der Waals surface area contributed by atoms with Crippen LogP contribution in [0.15, 0.2) is 35.0 Å². The van der Waals surface area contributed by atoms with Crippen LogP contribution in [0, 0.1) is 0 Å². The van der Waals surface area contributed by atoms with E-state index in [1.54, 1.807) is 17.0 Å². The van der Waals surface area contributed by atoms with Crippen LogP contribution in [0.5, 0.6) is 0 Å². The van der Waals surface area contributed by atoms with E-state index < -0.39 is 23.8 Å². The van der Waals surface area contributed by atoms with Crippen LogP contribution >= 0.6 is 0 Å². The monoisotopic (exact) mass is 1080 g/mol. The second kappa shape index (κ2) is 39.1. The number of carbonyl (C=O) groups excluding carboxylic acids is 6. The minimum atomic E-state index is -0.501. The Labute approximate surface area is 444 Å². The average molecular weight is 1080 g/mol. The zero-order valence-electron chi connectivity index (χ0n) is 44.0. The Kier molecular flexibility index (Phi) is 32.5. The number of amides is 6. The molecule has 0 unspecified atom stereocenters. The number of nitrogens with one attached hydrogen (secondary N) is 2. The van der Waals surface area contributed by atoms with Gasteiger partial charge in [0.15, 0.2) is 0 Å². The molecule has 0 bridgehead atoms. The fourth-order valence-corrected chi connectivity index (χ4v) is 7.09. The van der Waals surface area contributed by atoms with Crippen molar-refractivity contribution in [2.45, 2.75) is 39.2 Å². The van der Waals surface area contributed by atoms with E-state index in [9.17, 15) is 28.8 Å². The summed E-state index contributed by atoms with van der Waals surface area (Å²) in [5, 5.41) is 6.76. The highest BCUT2D eigenvalue weighted by atomic mass is 16.7. The van der Waals surface area contributed by atoms with Gasteiger partial charge in [0, 0.05) is 69.5 Å². The highest BCUT2D eigenvalue weighted by Crippen LogP contribution is 2.27. The van der Waals surface area contributed by atoms with Crippen LogP contribution in [0.3, 0.4) is 0 Å². The summed E-state index contributed by atoms with van der Waals surface area (Å²) < 4.78 is 60.7. The van der Waals surface area contributed by atoms with Gasteiger partial charge in [-0.15, -0.1) is 0 Å². The number of hydrogen-bond donors (Lipinski definition) is 3. The maximum Gasteiger partial charge on any atom is 0.273 e. The van der Waals surface area contributed by atoms with Crippen molar-refractivity contribution in [1.29, 1.82) is 0 Å². The summed E-state index contributed by atoms with van der Waals surface area (Å²) in [5.41, 5.74) is 7.71. The van der Waals surface area contributed by atoms with Crippen LogP contribution in [0.2, 0.25) is 0 Å². The van der Waals surface area contributed by atoms with E-state index in [1.807, 2.05) is 13.8 Å². The zero-order valence-corrected chi connectivity index (χ0v) is 44.0. The lowest BCUT2D eigenvalue weighted by molar-refractivity contribution is -0.180. The Morgan fingerprint density at radius 1 is 0.711 bits per heavy atom. The van der Waals surface area contributed by atoms with Crippen molar-refractivity contribution >= 4 is 53.0 Å². The van der Waals surface area contributed by atoms with E-state index in [4.69, 9.17) is 62.7 Å². The van der Waals surface area contributed by atoms with E-state index in [0.717, 1.165) is 23.5 Å². The van der Waals surface area contributed by atoms with Gasteiger partial charge in [-0.2, -0.15) is 0 Å². The molecule has 0 radical (unpaired) electrons. The molecule has 3 aliphatic rings. The summed E-state index contributed by atoms with van der Waals surface area (Å²) in [6.07, 6.45) is 5.95.